The van der Waals surface area contributed by atoms with Gasteiger partial charge in [0.25, 0.3) is 11.8 Å². The number of carbonyl (C=O) groups is 4. The zero-order chi connectivity index (χ0) is 29.1. The number of aryl methyl sites for hydroxylation is 1. The van der Waals surface area contributed by atoms with Crippen LogP contribution in [0.1, 0.15) is 54.4 Å². The van der Waals surface area contributed by atoms with Crippen molar-refractivity contribution in [2.45, 2.75) is 58.0 Å². The van der Waals surface area contributed by atoms with Crippen LogP contribution in [0, 0.1) is 30.0 Å². The van der Waals surface area contributed by atoms with E-state index in [1.165, 1.54) is 36.4 Å². The number of nitriles is 1. The molecule has 4 N–H and O–H groups in total. The quantitative estimate of drug-likeness (QED) is 0.230. The molecule has 2 heterocycles. The second-order valence-corrected chi connectivity index (χ2v) is 9.61. The van der Waals surface area contributed by atoms with Crippen LogP contribution in [0.25, 0.3) is 0 Å². The molecule has 1 aliphatic heterocycles. The van der Waals surface area contributed by atoms with Crippen molar-refractivity contribution in [3.05, 3.63) is 64.8 Å². The molecule has 1 aromatic heterocycles. The first-order chi connectivity index (χ1) is 19.2. The Morgan fingerprint density at radius 2 is 2.02 bits per heavy atom. The summed E-state index contributed by atoms with van der Waals surface area (Å²) in [7, 11) is 0. The lowest BCUT2D eigenvalue weighted by Gasteiger charge is -2.27. The molecule has 2 aromatic rings. The maximum Gasteiger partial charge on any atom is 0.274 e. The smallest absolute Gasteiger partial charge is 0.274 e. The van der Waals surface area contributed by atoms with Gasteiger partial charge in [0.2, 0.25) is 11.8 Å². The molecule has 3 unspecified atom stereocenters. The highest BCUT2D eigenvalue weighted by atomic mass is 19.1. The third kappa shape index (κ3) is 8.76. The number of piperidine rings is 1. The molecule has 12 heteroatoms. The van der Waals surface area contributed by atoms with E-state index < -0.39 is 41.5 Å². The number of nitrogens with one attached hydrogen (secondary N) is 4. The van der Waals surface area contributed by atoms with Crippen LogP contribution in [0.4, 0.5) is 4.39 Å². The van der Waals surface area contributed by atoms with Gasteiger partial charge in [0, 0.05) is 37.5 Å². The minimum Gasteiger partial charge on any atom is -0.361 e. The lowest BCUT2D eigenvalue weighted by Crippen LogP contribution is -2.51. The number of hydrogen-bond donors (Lipinski definition) is 4. The van der Waals surface area contributed by atoms with Gasteiger partial charge >= 0.3 is 0 Å². The number of carbonyl (C=O) groups excluding carboxylic acids is 4. The van der Waals surface area contributed by atoms with Gasteiger partial charge in [0.1, 0.15) is 29.3 Å². The van der Waals surface area contributed by atoms with E-state index in [1.54, 1.807) is 6.92 Å². The summed E-state index contributed by atoms with van der Waals surface area (Å²) in [6, 6.07) is 6.77. The first-order valence-electron chi connectivity index (χ1n) is 13.2. The van der Waals surface area contributed by atoms with Gasteiger partial charge < -0.3 is 25.8 Å². The first kappa shape index (κ1) is 30.0. The van der Waals surface area contributed by atoms with Crippen molar-refractivity contribution in [3.63, 3.8) is 0 Å². The van der Waals surface area contributed by atoms with E-state index in [2.05, 4.69) is 26.4 Å². The van der Waals surface area contributed by atoms with Crippen LogP contribution < -0.4 is 21.3 Å². The van der Waals surface area contributed by atoms with Gasteiger partial charge in [0.15, 0.2) is 5.69 Å². The summed E-state index contributed by atoms with van der Waals surface area (Å²) in [5, 5.41) is 24.2. The van der Waals surface area contributed by atoms with Crippen molar-refractivity contribution in [2.24, 2.45) is 5.92 Å². The lowest BCUT2D eigenvalue weighted by atomic mass is 9.90. The Morgan fingerprint density at radius 3 is 2.65 bits per heavy atom. The summed E-state index contributed by atoms with van der Waals surface area (Å²) < 4.78 is 18.4. The van der Waals surface area contributed by atoms with Crippen molar-refractivity contribution >= 4 is 23.6 Å². The number of hydrogen-bond acceptors (Lipinski definition) is 7. The SMILES string of the molecule is CCCNC(=O)C(C#N)=CC(CC1CCCNC1=O)NC(=O)C(Cc1ccc(F)cc1)NC(=O)c1cc(C)on1. The molecule has 0 radical (unpaired) electrons. The summed E-state index contributed by atoms with van der Waals surface area (Å²) >= 11 is 0. The lowest BCUT2D eigenvalue weighted by molar-refractivity contribution is -0.128. The molecular weight excluding hydrogens is 519 g/mol. The highest BCUT2D eigenvalue weighted by Crippen LogP contribution is 2.19. The van der Waals surface area contributed by atoms with Crippen molar-refractivity contribution in [1.29, 1.82) is 5.26 Å². The van der Waals surface area contributed by atoms with E-state index in [0.717, 1.165) is 6.42 Å². The molecule has 0 saturated carbocycles. The van der Waals surface area contributed by atoms with Crippen molar-refractivity contribution in [1.82, 2.24) is 26.4 Å². The number of nitrogens with zero attached hydrogens (tertiary/aromatic N) is 2. The highest BCUT2D eigenvalue weighted by Gasteiger charge is 2.29. The van der Waals surface area contributed by atoms with Crippen LogP contribution in [0.3, 0.4) is 0 Å². The molecular formula is C28H33FN6O5. The fourth-order valence-electron chi connectivity index (χ4n) is 4.29. The largest absolute Gasteiger partial charge is 0.361 e. The zero-order valence-electron chi connectivity index (χ0n) is 22.5. The molecule has 0 bridgehead atoms. The van der Waals surface area contributed by atoms with Crippen LogP contribution in [-0.2, 0) is 20.8 Å². The van der Waals surface area contributed by atoms with Crippen molar-refractivity contribution in [3.8, 4) is 6.07 Å². The summed E-state index contributed by atoms with van der Waals surface area (Å²) in [5.41, 5.74) is 0.352. The first-order valence-corrected chi connectivity index (χ1v) is 13.2. The van der Waals surface area contributed by atoms with E-state index in [4.69, 9.17) is 4.52 Å². The molecule has 1 aromatic carbocycles. The predicted molar refractivity (Wildman–Crippen MR) is 142 cm³/mol. The number of aromatic nitrogens is 1. The van der Waals surface area contributed by atoms with Crippen molar-refractivity contribution < 1.29 is 28.1 Å². The molecule has 1 saturated heterocycles. The van der Waals surface area contributed by atoms with E-state index in [1.807, 2.05) is 13.0 Å². The number of halogens is 1. The fourth-order valence-corrected chi connectivity index (χ4v) is 4.29. The second-order valence-electron chi connectivity index (χ2n) is 9.61. The minimum atomic E-state index is -1.13. The predicted octanol–water partition coefficient (Wildman–Crippen LogP) is 1.84. The van der Waals surface area contributed by atoms with E-state index >= 15 is 0 Å². The third-order valence-corrected chi connectivity index (χ3v) is 6.37. The topological polar surface area (TPSA) is 166 Å². The summed E-state index contributed by atoms with van der Waals surface area (Å²) in [4.78, 5) is 51.4. The van der Waals surface area contributed by atoms with E-state index in [9.17, 15) is 28.8 Å². The Labute approximate surface area is 231 Å². The Hall–Kier alpha value is -4.53. The summed E-state index contributed by atoms with van der Waals surface area (Å²) in [5.74, 6) is -2.53. The molecule has 0 aliphatic carbocycles. The average molecular weight is 553 g/mol. The highest BCUT2D eigenvalue weighted by molar-refractivity contribution is 5.98. The van der Waals surface area contributed by atoms with Crippen LogP contribution in [0.5, 0.6) is 0 Å². The van der Waals surface area contributed by atoms with E-state index in [-0.39, 0.29) is 30.0 Å². The van der Waals surface area contributed by atoms with E-state index in [0.29, 0.717) is 37.3 Å². The number of rotatable bonds is 12. The van der Waals surface area contributed by atoms with Gasteiger partial charge in [-0.1, -0.05) is 24.2 Å². The van der Waals surface area contributed by atoms with Crippen LogP contribution >= 0.6 is 0 Å². The standard InChI is InChI=1S/C28H33FN6O5/c1-3-10-31-26(37)20(16-30)15-22(14-19-5-4-11-32-25(19)36)33-27(38)23(13-18-6-8-21(29)9-7-18)34-28(39)24-12-17(2)40-35-24/h6-9,12,15,19,22-23H,3-5,10-11,13-14H2,1-2H3,(H,31,37)(H,32,36)(H,33,38)(H,34,39). The van der Waals surface area contributed by atoms with Gasteiger partial charge in [-0.15, -0.1) is 0 Å². The maximum atomic E-state index is 13.6. The van der Waals surface area contributed by atoms with Crippen molar-refractivity contribution in [2.75, 3.05) is 13.1 Å². The molecule has 1 aliphatic rings. The Kier molecular flexibility index (Phi) is 10.9. The molecule has 3 rings (SSSR count). The van der Waals surface area contributed by atoms with Crippen LogP contribution in [0.2, 0.25) is 0 Å². The normalized spacial score (nSPS) is 16.7. The summed E-state index contributed by atoms with van der Waals surface area (Å²) in [6.45, 7) is 4.41. The van der Waals surface area contributed by atoms with Gasteiger partial charge in [-0.25, -0.2) is 4.39 Å². The fraction of sp³-hybridized carbons (Fsp3) is 0.429. The van der Waals surface area contributed by atoms with Gasteiger partial charge in [0.05, 0.1) is 0 Å². The molecule has 40 heavy (non-hydrogen) atoms. The minimum absolute atomic E-state index is 0.0110. The summed E-state index contributed by atoms with van der Waals surface area (Å²) in [6.07, 6.45) is 3.49. The molecule has 212 valence electrons. The Balaban J connectivity index is 1.87. The zero-order valence-corrected chi connectivity index (χ0v) is 22.5. The maximum absolute atomic E-state index is 13.6. The molecule has 0 spiro atoms. The van der Waals surface area contributed by atoms with Gasteiger partial charge in [-0.2, -0.15) is 5.26 Å². The Morgan fingerprint density at radius 1 is 1.27 bits per heavy atom. The number of benzene rings is 1. The molecule has 11 nitrogen and oxygen atoms in total. The van der Waals surface area contributed by atoms with Crippen LogP contribution in [0.15, 0.2) is 46.5 Å². The average Bonchev–Trinajstić information content (AvgIpc) is 3.38. The molecule has 1 fully saturated rings. The molecule has 4 amide bonds. The van der Waals surface area contributed by atoms with Gasteiger partial charge in [-0.05, 0) is 56.4 Å². The third-order valence-electron chi connectivity index (χ3n) is 6.37. The second kappa shape index (κ2) is 14.6. The molecule has 3 atom stereocenters. The monoisotopic (exact) mass is 552 g/mol. The van der Waals surface area contributed by atoms with Gasteiger partial charge in [-0.3, -0.25) is 19.2 Å². The Bertz CT molecular complexity index is 1280. The van der Waals surface area contributed by atoms with Crippen LogP contribution in [-0.4, -0.2) is 54.0 Å². The number of amides is 4.